The molecule has 0 radical (unpaired) electrons. The molecule has 0 spiro atoms. The molecule has 0 aliphatic heterocycles. The van der Waals surface area contributed by atoms with Crippen molar-refractivity contribution in [2.45, 2.75) is 32.0 Å². The minimum absolute atomic E-state index is 0.189. The zero-order chi connectivity index (χ0) is 11.4. The Kier molecular flexibility index (Phi) is 4.19. The number of aliphatic hydroxyl groups is 1. The monoisotopic (exact) mass is 228 g/mol. The van der Waals surface area contributed by atoms with Crippen LogP contribution >= 0.6 is 11.6 Å². The molecule has 0 unspecified atom stereocenters. The molecule has 2 atom stereocenters. The highest BCUT2D eigenvalue weighted by molar-refractivity contribution is 6.26. The lowest BCUT2D eigenvalue weighted by atomic mass is 9.89. The highest BCUT2D eigenvalue weighted by Gasteiger charge is 2.27. The number of halogens is 1. The van der Waals surface area contributed by atoms with E-state index in [1.165, 1.54) is 0 Å². The smallest absolute Gasteiger partial charge is 0.321 e. The SMILES string of the molecule is C#CC1=C(C)[C@H](OC(=O)CCl)C[C@H](O)C1. The van der Waals surface area contributed by atoms with E-state index in [2.05, 4.69) is 5.92 Å². The van der Waals surface area contributed by atoms with Crippen molar-refractivity contribution in [2.75, 3.05) is 5.88 Å². The van der Waals surface area contributed by atoms with Gasteiger partial charge in [-0.3, -0.25) is 4.79 Å². The summed E-state index contributed by atoms with van der Waals surface area (Å²) >= 11 is 5.33. The summed E-state index contributed by atoms with van der Waals surface area (Å²) in [5.74, 6) is 1.82. The Morgan fingerprint density at radius 1 is 1.80 bits per heavy atom. The van der Waals surface area contributed by atoms with Crippen LogP contribution in [-0.2, 0) is 9.53 Å². The second-order valence-corrected chi connectivity index (χ2v) is 3.78. The molecule has 1 aliphatic rings. The summed E-state index contributed by atoms with van der Waals surface area (Å²) in [5.41, 5.74) is 1.54. The zero-order valence-electron chi connectivity index (χ0n) is 8.50. The van der Waals surface area contributed by atoms with Crippen molar-refractivity contribution in [3.63, 3.8) is 0 Å². The third-order valence-corrected chi connectivity index (χ3v) is 2.66. The largest absolute Gasteiger partial charge is 0.457 e. The van der Waals surface area contributed by atoms with Crippen LogP contribution in [0.4, 0.5) is 0 Å². The molecule has 0 saturated carbocycles. The second-order valence-electron chi connectivity index (χ2n) is 3.51. The average molecular weight is 229 g/mol. The second kappa shape index (κ2) is 5.20. The first-order valence-corrected chi connectivity index (χ1v) is 5.21. The van der Waals surface area contributed by atoms with E-state index in [1.54, 1.807) is 0 Å². The minimum Gasteiger partial charge on any atom is -0.457 e. The maximum absolute atomic E-state index is 11.0. The summed E-state index contributed by atoms with van der Waals surface area (Å²) in [6.45, 7) is 1.81. The lowest BCUT2D eigenvalue weighted by Gasteiger charge is -2.27. The Hall–Kier alpha value is -0.980. The number of carbonyl (C=O) groups excluding carboxylic acids is 1. The van der Waals surface area contributed by atoms with Gasteiger partial charge in [-0.25, -0.2) is 0 Å². The predicted molar refractivity (Wildman–Crippen MR) is 57.4 cm³/mol. The summed E-state index contributed by atoms with van der Waals surface area (Å²) < 4.78 is 5.07. The Balaban J connectivity index is 2.80. The molecular weight excluding hydrogens is 216 g/mol. The predicted octanol–water partition coefficient (Wildman–Crippen LogP) is 1.24. The molecule has 82 valence electrons. The van der Waals surface area contributed by atoms with Crippen LogP contribution in [0.3, 0.4) is 0 Å². The first-order chi connectivity index (χ1) is 7.08. The molecule has 0 fully saturated rings. The van der Waals surface area contributed by atoms with Gasteiger partial charge in [-0.1, -0.05) is 5.92 Å². The number of hydrogen-bond donors (Lipinski definition) is 1. The van der Waals surface area contributed by atoms with Gasteiger partial charge < -0.3 is 9.84 Å². The van der Waals surface area contributed by atoms with Crippen LogP contribution in [0.25, 0.3) is 0 Å². The van der Waals surface area contributed by atoms with Crippen LogP contribution < -0.4 is 0 Å². The first kappa shape index (κ1) is 12.1. The van der Waals surface area contributed by atoms with Gasteiger partial charge in [0, 0.05) is 18.4 Å². The number of carbonyl (C=O) groups is 1. The van der Waals surface area contributed by atoms with E-state index in [4.69, 9.17) is 22.8 Å². The van der Waals surface area contributed by atoms with Crippen molar-refractivity contribution in [1.29, 1.82) is 0 Å². The van der Waals surface area contributed by atoms with E-state index in [1.807, 2.05) is 6.92 Å². The van der Waals surface area contributed by atoms with Crippen LogP contribution in [0.2, 0.25) is 0 Å². The number of hydrogen-bond acceptors (Lipinski definition) is 3. The Morgan fingerprint density at radius 2 is 2.47 bits per heavy atom. The normalized spacial score (nSPS) is 26.0. The zero-order valence-corrected chi connectivity index (χ0v) is 9.25. The number of terminal acetylenes is 1. The Morgan fingerprint density at radius 3 is 3.00 bits per heavy atom. The van der Waals surface area contributed by atoms with Crippen molar-refractivity contribution in [3.05, 3.63) is 11.1 Å². The first-order valence-electron chi connectivity index (χ1n) is 4.68. The quantitative estimate of drug-likeness (QED) is 0.440. The molecular formula is C11H13ClO3. The van der Waals surface area contributed by atoms with Gasteiger partial charge in [0.25, 0.3) is 0 Å². The van der Waals surface area contributed by atoms with Gasteiger partial charge >= 0.3 is 5.97 Å². The molecule has 3 nitrogen and oxygen atoms in total. The minimum atomic E-state index is -0.548. The Labute approximate surface area is 94.1 Å². The summed E-state index contributed by atoms with van der Waals surface area (Å²) in [6.07, 6.45) is 5.15. The summed E-state index contributed by atoms with van der Waals surface area (Å²) in [5, 5.41) is 9.53. The van der Waals surface area contributed by atoms with Gasteiger partial charge in [-0.15, -0.1) is 18.0 Å². The number of esters is 1. The van der Waals surface area contributed by atoms with E-state index in [9.17, 15) is 9.90 Å². The molecule has 0 heterocycles. The van der Waals surface area contributed by atoms with Crippen LogP contribution in [0.15, 0.2) is 11.1 Å². The van der Waals surface area contributed by atoms with Crippen LogP contribution in [0.1, 0.15) is 19.8 Å². The van der Waals surface area contributed by atoms with E-state index < -0.39 is 18.2 Å². The molecule has 1 rings (SSSR count). The summed E-state index contributed by atoms with van der Waals surface area (Å²) in [7, 11) is 0. The van der Waals surface area contributed by atoms with Crippen molar-refractivity contribution in [1.82, 2.24) is 0 Å². The van der Waals surface area contributed by atoms with Gasteiger partial charge in [-0.05, 0) is 12.5 Å². The third-order valence-electron chi connectivity index (χ3n) is 2.44. The van der Waals surface area contributed by atoms with Crippen molar-refractivity contribution in [2.24, 2.45) is 0 Å². The molecule has 15 heavy (non-hydrogen) atoms. The molecule has 0 aromatic rings. The third kappa shape index (κ3) is 2.98. The lowest BCUT2D eigenvalue weighted by molar-refractivity contribution is -0.145. The molecule has 1 N–H and O–H groups in total. The van der Waals surface area contributed by atoms with Crippen molar-refractivity contribution >= 4 is 17.6 Å². The lowest BCUT2D eigenvalue weighted by Crippen LogP contribution is -2.30. The number of rotatable bonds is 2. The molecule has 0 saturated heterocycles. The molecule has 0 bridgehead atoms. The van der Waals surface area contributed by atoms with E-state index >= 15 is 0 Å². The molecule has 0 amide bonds. The van der Waals surface area contributed by atoms with Crippen molar-refractivity contribution in [3.8, 4) is 12.3 Å². The van der Waals surface area contributed by atoms with Gasteiger partial charge in [0.1, 0.15) is 12.0 Å². The fourth-order valence-electron chi connectivity index (χ4n) is 1.60. The van der Waals surface area contributed by atoms with Gasteiger partial charge in [0.15, 0.2) is 0 Å². The number of alkyl halides is 1. The maximum Gasteiger partial charge on any atom is 0.321 e. The summed E-state index contributed by atoms with van der Waals surface area (Å²) in [4.78, 5) is 11.0. The van der Waals surface area contributed by atoms with E-state index in [-0.39, 0.29) is 5.88 Å². The highest BCUT2D eigenvalue weighted by Crippen LogP contribution is 2.27. The van der Waals surface area contributed by atoms with Crippen molar-refractivity contribution < 1.29 is 14.6 Å². The standard InChI is InChI=1S/C11H13ClO3/c1-3-8-4-9(13)5-10(7(8)2)15-11(14)6-12/h1,9-10,13H,4-6H2,2H3/t9-,10-/m1/s1. The fraction of sp³-hybridized carbons (Fsp3) is 0.545. The van der Waals surface area contributed by atoms with E-state index in [0.29, 0.717) is 18.4 Å². The highest BCUT2D eigenvalue weighted by atomic mass is 35.5. The van der Waals surface area contributed by atoms with Gasteiger partial charge in [0.05, 0.1) is 6.10 Å². The maximum atomic E-state index is 11.0. The topological polar surface area (TPSA) is 46.5 Å². The van der Waals surface area contributed by atoms with Crippen LogP contribution in [0.5, 0.6) is 0 Å². The van der Waals surface area contributed by atoms with Gasteiger partial charge in [0.2, 0.25) is 0 Å². The molecule has 0 aromatic carbocycles. The number of ether oxygens (including phenoxy) is 1. The molecule has 0 aromatic heterocycles. The van der Waals surface area contributed by atoms with E-state index in [0.717, 1.165) is 5.57 Å². The molecule has 4 heteroatoms. The summed E-state index contributed by atoms with van der Waals surface area (Å²) in [6, 6.07) is 0. The average Bonchev–Trinajstić information content (AvgIpc) is 2.22. The fourth-order valence-corrected chi connectivity index (χ4v) is 1.66. The van der Waals surface area contributed by atoms with Gasteiger partial charge in [-0.2, -0.15) is 0 Å². The van der Waals surface area contributed by atoms with Crippen LogP contribution in [-0.4, -0.2) is 29.2 Å². The Bertz CT molecular complexity index is 327. The molecule has 1 aliphatic carbocycles. The number of aliphatic hydroxyl groups excluding tert-OH is 1. The van der Waals surface area contributed by atoms with Crippen LogP contribution in [0, 0.1) is 12.3 Å².